The van der Waals surface area contributed by atoms with Crippen molar-refractivity contribution in [3.05, 3.63) is 35.9 Å². The third-order valence-electron chi connectivity index (χ3n) is 4.40. The molecule has 0 aromatic heterocycles. The van der Waals surface area contributed by atoms with E-state index in [1.807, 2.05) is 39.0 Å². The highest BCUT2D eigenvalue weighted by Crippen LogP contribution is 2.21. The Morgan fingerprint density at radius 2 is 1.84 bits per heavy atom. The van der Waals surface area contributed by atoms with Crippen molar-refractivity contribution < 1.29 is 14.6 Å². The van der Waals surface area contributed by atoms with Gasteiger partial charge in [0.1, 0.15) is 5.60 Å². The monoisotopic (exact) mass is 348 g/mol. The number of rotatable bonds is 3. The van der Waals surface area contributed by atoms with E-state index in [9.17, 15) is 9.90 Å². The van der Waals surface area contributed by atoms with Gasteiger partial charge in [-0.3, -0.25) is 4.90 Å². The number of ether oxygens (including phenoxy) is 1. The number of hydrogen-bond donors (Lipinski definition) is 1. The molecule has 1 N–H and O–H groups in total. The van der Waals surface area contributed by atoms with Gasteiger partial charge in [0.25, 0.3) is 0 Å². The molecule has 1 aromatic rings. The lowest BCUT2D eigenvalue weighted by molar-refractivity contribution is 0.0167. The summed E-state index contributed by atoms with van der Waals surface area (Å²) < 4.78 is 5.52. The lowest BCUT2D eigenvalue weighted by Crippen LogP contribution is -2.46. The summed E-state index contributed by atoms with van der Waals surface area (Å²) in [5.41, 5.74) is 0.678. The molecule has 1 saturated heterocycles. The maximum Gasteiger partial charge on any atom is 0.410 e. The molecule has 25 heavy (non-hydrogen) atoms. The van der Waals surface area contributed by atoms with E-state index in [-0.39, 0.29) is 12.1 Å². The smallest absolute Gasteiger partial charge is 0.410 e. The molecule has 2 rings (SSSR count). The number of benzene rings is 1. The molecule has 0 radical (unpaired) electrons. The number of carbonyl (C=O) groups is 1. The van der Waals surface area contributed by atoms with Gasteiger partial charge in [-0.2, -0.15) is 0 Å². The molecule has 140 valence electrons. The Bertz CT molecular complexity index is 554. The van der Waals surface area contributed by atoms with E-state index < -0.39 is 11.7 Å². The van der Waals surface area contributed by atoms with Crippen LogP contribution in [0.2, 0.25) is 0 Å². The number of nitrogens with zero attached hydrogens (tertiary/aromatic N) is 2. The van der Waals surface area contributed by atoms with Crippen molar-refractivity contribution in [1.82, 2.24) is 9.80 Å². The second kappa shape index (κ2) is 8.19. The van der Waals surface area contributed by atoms with Crippen molar-refractivity contribution in [3.8, 4) is 0 Å². The highest BCUT2D eigenvalue weighted by atomic mass is 16.6. The summed E-state index contributed by atoms with van der Waals surface area (Å²) in [4.78, 5) is 16.5. The zero-order valence-corrected chi connectivity index (χ0v) is 16.1. The van der Waals surface area contributed by atoms with Crippen molar-refractivity contribution >= 4 is 6.09 Å². The Hall–Kier alpha value is -1.59. The molecule has 1 heterocycles. The summed E-state index contributed by atoms with van der Waals surface area (Å²) in [6.45, 7) is 12.1. The summed E-state index contributed by atoms with van der Waals surface area (Å²) >= 11 is 0. The summed E-state index contributed by atoms with van der Waals surface area (Å²) in [6.07, 6.45) is -0.932. The van der Waals surface area contributed by atoms with Crippen molar-refractivity contribution in [2.75, 3.05) is 19.6 Å². The first kappa shape index (κ1) is 19.7. The Balaban J connectivity index is 2.16. The lowest BCUT2D eigenvalue weighted by Gasteiger charge is -2.35. The van der Waals surface area contributed by atoms with E-state index in [0.29, 0.717) is 25.6 Å². The first-order chi connectivity index (χ1) is 11.7. The number of carbonyl (C=O) groups excluding carboxylic acids is 1. The Morgan fingerprint density at radius 1 is 1.20 bits per heavy atom. The second-order valence-corrected chi connectivity index (χ2v) is 8.27. The molecule has 0 aliphatic carbocycles. The highest BCUT2D eigenvalue weighted by Gasteiger charge is 2.34. The summed E-state index contributed by atoms with van der Waals surface area (Å²) in [5, 5.41) is 10.5. The van der Waals surface area contributed by atoms with Gasteiger partial charge in [0.2, 0.25) is 0 Å². The average molecular weight is 348 g/mol. The van der Waals surface area contributed by atoms with E-state index >= 15 is 0 Å². The van der Waals surface area contributed by atoms with Gasteiger partial charge in [0.05, 0.1) is 12.6 Å². The van der Waals surface area contributed by atoms with Gasteiger partial charge in [-0.15, -0.1) is 0 Å². The van der Waals surface area contributed by atoms with Crippen LogP contribution in [0, 0.1) is 5.92 Å². The quantitative estimate of drug-likeness (QED) is 0.912. The van der Waals surface area contributed by atoms with E-state index in [1.165, 1.54) is 5.56 Å². The summed E-state index contributed by atoms with van der Waals surface area (Å²) in [6, 6.07) is 10.4. The van der Waals surface area contributed by atoms with E-state index in [2.05, 4.69) is 30.9 Å². The minimum atomic E-state index is -0.583. The highest BCUT2D eigenvalue weighted by molar-refractivity contribution is 5.68. The molecule has 5 heteroatoms. The number of aliphatic hydroxyl groups is 1. The lowest BCUT2D eigenvalue weighted by atomic mass is 10.0. The van der Waals surface area contributed by atoms with Crippen LogP contribution in [0.1, 0.15) is 40.2 Å². The van der Waals surface area contributed by atoms with Crippen LogP contribution in [-0.4, -0.2) is 58.4 Å². The maximum atomic E-state index is 12.5. The number of β-amino-alcohol motifs (C(OH)–C–C–N with tert-alkyl or cyclic N) is 1. The molecule has 0 bridgehead atoms. The largest absolute Gasteiger partial charge is 0.444 e. The molecule has 0 saturated carbocycles. The van der Waals surface area contributed by atoms with Crippen LogP contribution in [0.5, 0.6) is 0 Å². The SMILES string of the molecule is CC(C)C1CN(C(=O)OC(C)(C)C)C[C@@H](O)CN1Cc1ccccc1. The molecular formula is C20H32N2O3. The van der Waals surface area contributed by atoms with Gasteiger partial charge in [0, 0.05) is 25.7 Å². The van der Waals surface area contributed by atoms with Crippen LogP contribution in [0.4, 0.5) is 4.79 Å². The number of hydrogen-bond acceptors (Lipinski definition) is 4. The number of amides is 1. The molecule has 1 aliphatic rings. The first-order valence-electron chi connectivity index (χ1n) is 9.09. The van der Waals surface area contributed by atoms with E-state index in [0.717, 1.165) is 6.54 Å². The predicted octanol–water partition coefficient (Wildman–Crippen LogP) is 3.12. The third-order valence-corrected chi connectivity index (χ3v) is 4.40. The zero-order valence-electron chi connectivity index (χ0n) is 16.1. The molecule has 2 atom stereocenters. The van der Waals surface area contributed by atoms with Crippen LogP contribution < -0.4 is 0 Å². The van der Waals surface area contributed by atoms with E-state index in [4.69, 9.17) is 4.74 Å². The Kier molecular flexibility index (Phi) is 6.47. The molecule has 1 aliphatic heterocycles. The zero-order chi connectivity index (χ0) is 18.6. The topological polar surface area (TPSA) is 53.0 Å². The van der Waals surface area contributed by atoms with Crippen LogP contribution >= 0.6 is 0 Å². The maximum absolute atomic E-state index is 12.5. The fourth-order valence-corrected chi connectivity index (χ4v) is 3.24. The first-order valence-corrected chi connectivity index (χ1v) is 9.09. The van der Waals surface area contributed by atoms with Gasteiger partial charge in [-0.1, -0.05) is 44.2 Å². The van der Waals surface area contributed by atoms with E-state index in [1.54, 1.807) is 4.90 Å². The molecule has 5 nitrogen and oxygen atoms in total. The van der Waals surface area contributed by atoms with Gasteiger partial charge >= 0.3 is 6.09 Å². The van der Waals surface area contributed by atoms with Gasteiger partial charge in [-0.25, -0.2) is 4.79 Å². The molecule has 1 aromatic carbocycles. The van der Waals surface area contributed by atoms with Crippen molar-refractivity contribution in [2.45, 2.75) is 58.9 Å². The van der Waals surface area contributed by atoms with Gasteiger partial charge in [-0.05, 0) is 32.3 Å². The Labute approximate surface area is 151 Å². The predicted molar refractivity (Wildman–Crippen MR) is 99.3 cm³/mol. The van der Waals surface area contributed by atoms with Crippen LogP contribution in [0.15, 0.2) is 30.3 Å². The van der Waals surface area contributed by atoms with Gasteiger partial charge < -0.3 is 14.7 Å². The standard InChI is InChI=1S/C20H32N2O3/c1-15(2)18-14-22(19(24)25-20(3,4)5)13-17(23)12-21(18)11-16-9-7-6-8-10-16/h6-10,15,17-18,23H,11-14H2,1-5H3/t17-,18?/m0/s1. The van der Waals surface area contributed by atoms with Crippen LogP contribution in [-0.2, 0) is 11.3 Å². The minimum Gasteiger partial charge on any atom is -0.444 e. The fourth-order valence-electron chi connectivity index (χ4n) is 3.24. The normalized spacial score (nSPS) is 22.8. The number of aliphatic hydroxyl groups excluding tert-OH is 1. The average Bonchev–Trinajstić information content (AvgIpc) is 2.65. The summed E-state index contributed by atoms with van der Waals surface area (Å²) in [5.74, 6) is 0.360. The third kappa shape index (κ3) is 6.01. The second-order valence-electron chi connectivity index (χ2n) is 8.27. The fraction of sp³-hybridized carbons (Fsp3) is 0.650. The Morgan fingerprint density at radius 3 is 2.40 bits per heavy atom. The van der Waals surface area contributed by atoms with Crippen LogP contribution in [0.3, 0.4) is 0 Å². The van der Waals surface area contributed by atoms with Gasteiger partial charge in [0.15, 0.2) is 0 Å². The molecule has 1 amide bonds. The van der Waals surface area contributed by atoms with Crippen LogP contribution in [0.25, 0.3) is 0 Å². The minimum absolute atomic E-state index is 0.171. The molecule has 0 spiro atoms. The summed E-state index contributed by atoms with van der Waals surface area (Å²) in [7, 11) is 0. The molecular weight excluding hydrogens is 316 g/mol. The molecule has 1 fully saturated rings. The van der Waals surface area contributed by atoms with Crippen molar-refractivity contribution in [2.24, 2.45) is 5.92 Å². The van der Waals surface area contributed by atoms with Crippen molar-refractivity contribution in [3.63, 3.8) is 0 Å². The molecule has 1 unspecified atom stereocenters. The van der Waals surface area contributed by atoms with Crippen molar-refractivity contribution in [1.29, 1.82) is 0 Å².